The Morgan fingerprint density at radius 1 is 1.38 bits per heavy atom. The molecule has 1 aliphatic rings. The predicted molar refractivity (Wildman–Crippen MR) is 121 cm³/mol. The van der Waals surface area contributed by atoms with Crippen LogP contribution in [0.5, 0.6) is 5.75 Å². The molecule has 1 aromatic carbocycles. The van der Waals surface area contributed by atoms with Gasteiger partial charge in [0.15, 0.2) is 0 Å². The van der Waals surface area contributed by atoms with Gasteiger partial charge in [-0.2, -0.15) is 10.4 Å². The van der Waals surface area contributed by atoms with E-state index in [1.807, 2.05) is 31.5 Å². The van der Waals surface area contributed by atoms with Crippen LogP contribution in [0.1, 0.15) is 36.4 Å². The number of likely N-dealkylation sites (N-methyl/N-ethyl adjacent to an activating group) is 1. The molecule has 0 saturated carbocycles. The van der Waals surface area contributed by atoms with Crippen LogP contribution in [-0.2, 0) is 17.8 Å². The first kappa shape index (κ1) is 21.9. The van der Waals surface area contributed by atoms with Crippen LogP contribution in [0, 0.1) is 18.3 Å². The molecule has 0 atom stereocenters. The molecule has 3 heterocycles. The van der Waals surface area contributed by atoms with Gasteiger partial charge in [0.2, 0.25) is 11.0 Å². The summed E-state index contributed by atoms with van der Waals surface area (Å²) < 4.78 is 7.54. The third kappa shape index (κ3) is 4.35. The normalized spacial score (nSPS) is 13.6. The number of carbonyl (C=O) groups is 1. The molecule has 1 amide bonds. The molecule has 0 unspecified atom stereocenters. The van der Waals surface area contributed by atoms with E-state index in [4.69, 9.17) is 9.84 Å². The smallest absolute Gasteiger partial charge is 0.233 e. The zero-order chi connectivity index (χ0) is 22.8. The first-order valence-electron chi connectivity index (χ1n) is 10.4. The van der Waals surface area contributed by atoms with Gasteiger partial charge in [0.1, 0.15) is 16.8 Å². The van der Waals surface area contributed by atoms with Crippen LogP contribution in [0.4, 0.5) is 0 Å². The zero-order valence-electron chi connectivity index (χ0n) is 18.5. The fourth-order valence-corrected chi connectivity index (χ4v) is 4.54. The molecule has 0 fully saturated rings. The van der Waals surface area contributed by atoms with Crippen LogP contribution in [0.2, 0.25) is 0 Å². The zero-order valence-corrected chi connectivity index (χ0v) is 19.4. The first-order chi connectivity index (χ1) is 15.4. The number of nitrogens with one attached hydrogen (secondary N) is 1. The summed E-state index contributed by atoms with van der Waals surface area (Å²) in [5.41, 5.74) is 4.46. The second-order valence-electron chi connectivity index (χ2n) is 7.94. The predicted octanol–water partition coefficient (Wildman–Crippen LogP) is 2.46. The van der Waals surface area contributed by atoms with Crippen molar-refractivity contribution in [3.63, 3.8) is 0 Å². The standard InChI is InChI=1S/C22H25N7O2S/c1-13(2)31-19-6-5-15(9-16(19)10-23)21-25-26-22(32-21)29-14(3)17-11-28(12-20(30)24-4)8-7-18(17)27-29/h5-6,9,13H,7-8,11-12H2,1-4H3,(H,24,30). The van der Waals surface area contributed by atoms with E-state index in [0.29, 0.717) is 34.5 Å². The first-order valence-corrected chi connectivity index (χ1v) is 11.3. The van der Waals surface area contributed by atoms with Crippen molar-refractivity contribution in [3.8, 4) is 27.5 Å². The maximum Gasteiger partial charge on any atom is 0.233 e. The lowest BCUT2D eigenvalue weighted by Gasteiger charge is -2.25. The van der Waals surface area contributed by atoms with Gasteiger partial charge in [0.05, 0.1) is 23.9 Å². The van der Waals surface area contributed by atoms with Crippen LogP contribution < -0.4 is 10.1 Å². The summed E-state index contributed by atoms with van der Waals surface area (Å²) in [6, 6.07) is 7.66. The van der Waals surface area contributed by atoms with Gasteiger partial charge in [-0.05, 0) is 39.0 Å². The lowest BCUT2D eigenvalue weighted by Crippen LogP contribution is -2.38. The monoisotopic (exact) mass is 451 g/mol. The Bertz CT molecular complexity index is 1190. The summed E-state index contributed by atoms with van der Waals surface area (Å²) in [7, 11) is 1.65. The van der Waals surface area contributed by atoms with Crippen molar-refractivity contribution in [3.05, 3.63) is 40.7 Å². The van der Waals surface area contributed by atoms with Crippen molar-refractivity contribution in [2.45, 2.75) is 39.8 Å². The molecule has 3 aromatic rings. The lowest BCUT2D eigenvalue weighted by atomic mass is 10.1. The van der Waals surface area contributed by atoms with E-state index in [9.17, 15) is 10.1 Å². The summed E-state index contributed by atoms with van der Waals surface area (Å²) in [4.78, 5) is 13.9. The average molecular weight is 452 g/mol. The molecule has 9 nitrogen and oxygen atoms in total. The van der Waals surface area contributed by atoms with Gasteiger partial charge in [-0.3, -0.25) is 9.69 Å². The summed E-state index contributed by atoms with van der Waals surface area (Å²) in [5, 5.41) is 27.0. The summed E-state index contributed by atoms with van der Waals surface area (Å²) in [6.07, 6.45) is 0.775. The largest absolute Gasteiger partial charge is 0.490 e. The van der Waals surface area contributed by atoms with Crippen molar-refractivity contribution in [2.75, 3.05) is 20.1 Å². The van der Waals surface area contributed by atoms with E-state index >= 15 is 0 Å². The summed E-state index contributed by atoms with van der Waals surface area (Å²) in [6.45, 7) is 7.72. The molecule has 4 rings (SSSR count). The maximum atomic E-state index is 11.7. The third-order valence-corrected chi connectivity index (χ3v) is 6.27. The van der Waals surface area contributed by atoms with Gasteiger partial charge in [-0.1, -0.05) is 11.3 Å². The number of ether oxygens (including phenoxy) is 1. The number of fused-ring (bicyclic) bond motifs is 1. The Morgan fingerprint density at radius 2 is 2.19 bits per heavy atom. The molecule has 10 heteroatoms. The molecule has 1 aliphatic heterocycles. The highest BCUT2D eigenvalue weighted by Gasteiger charge is 2.25. The van der Waals surface area contributed by atoms with Crippen molar-refractivity contribution in [1.29, 1.82) is 5.26 Å². The van der Waals surface area contributed by atoms with E-state index < -0.39 is 0 Å². The van der Waals surface area contributed by atoms with E-state index in [1.165, 1.54) is 11.3 Å². The minimum Gasteiger partial charge on any atom is -0.490 e. The number of nitrogens with zero attached hydrogens (tertiary/aromatic N) is 6. The molecule has 0 bridgehead atoms. The highest BCUT2D eigenvalue weighted by atomic mass is 32.1. The molecular weight excluding hydrogens is 426 g/mol. The van der Waals surface area contributed by atoms with Gasteiger partial charge in [-0.25, -0.2) is 4.68 Å². The summed E-state index contributed by atoms with van der Waals surface area (Å²) in [5.74, 6) is 0.571. The topological polar surface area (TPSA) is 109 Å². The second kappa shape index (κ2) is 9.06. The minimum absolute atomic E-state index is 0.00816. The minimum atomic E-state index is -0.0119. The van der Waals surface area contributed by atoms with Crippen molar-refractivity contribution in [1.82, 2.24) is 30.2 Å². The van der Waals surface area contributed by atoms with E-state index in [0.717, 1.165) is 35.5 Å². The number of amides is 1. The van der Waals surface area contributed by atoms with Gasteiger partial charge in [0, 0.05) is 43.4 Å². The van der Waals surface area contributed by atoms with Crippen LogP contribution in [0.25, 0.3) is 15.7 Å². The number of nitriles is 1. The van der Waals surface area contributed by atoms with Crippen molar-refractivity contribution >= 4 is 17.2 Å². The third-order valence-electron chi connectivity index (χ3n) is 5.32. The Hall–Kier alpha value is -3.29. The molecule has 32 heavy (non-hydrogen) atoms. The number of hydrogen-bond acceptors (Lipinski definition) is 8. The number of aromatic nitrogens is 4. The van der Waals surface area contributed by atoms with Crippen LogP contribution in [0.15, 0.2) is 18.2 Å². The second-order valence-corrected chi connectivity index (χ2v) is 8.89. The maximum absolute atomic E-state index is 11.7. The van der Waals surface area contributed by atoms with E-state index in [2.05, 4.69) is 26.5 Å². The van der Waals surface area contributed by atoms with Crippen LogP contribution >= 0.6 is 11.3 Å². The fourth-order valence-electron chi connectivity index (χ4n) is 3.69. The Morgan fingerprint density at radius 3 is 2.91 bits per heavy atom. The highest BCUT2D eigenvalue weighted by molar-refractivity contribution is 7.17. The molecule has 0 spiro atoms. The quantitative estimate of drug-likeness (QED) is 0.613. The molecule has 0 aliphatic carbocycles. The van der Waals surface area contributed by atoms with E-state index in [1.54, 1.807) is 19.2 Å². The lowest BCUT2D eigenvalue weighted by molar-refractivity contribution is -0.121. The Balaban J connectivity index is 1.59. The fraction of sp³-hybridized carbons (Fsp3) is 0.409. The van der Waals surface area contributed by atoms with Crippen LogP contribution in [0.3, 0.4) is 0 Å². The Labute approximate surface area is 190 Å². The number of hydrogen-bond donors (Lipinski definition) is 1. The van der Waals surface area contributed by atoms with Crippen molar-refractivity contribution in [2.24, 2.45) is 0 Å². The SMILES string of the molecule is CNC(=O)CN1CCc2nn(-c3nnc(-c4ccc(OC(C)C)c(C#N)c4)s3)c(C)c2C1. The van der Waals surface area contributed by atoms with Gasteiger partial charge >= 0.3 is 0 Å². The van der Waals surface area contributed by atoms with Gasteiger partial charge < -0.3 is 10.1 Å². The number of benzene rings is 1. The molecular formula is C22H25N7O2S. The summed E-state index contributed by atoms with van der Waals surface area (Å²) >= 11 is 1.42. The number of carbonyl (C=O) groups excluding carboxylic acids is 1. The molecule has 2 aromatic heterocycles. The van der Waals surface area contributed by atoms with E-state index in [-0.39, 0.29) is 12.0 Å². The average Bonchev–Trinajstić information content (AvgIpc) is 3.38. The molecule has 0 radical (unpaired) electrons. The number of rotatable bonds is 6. The van der Waals surface area contributed by atoms with Crippen molar-refractivity contribution < 1.29 is 9.53 Å². The highest BCUT2D eigenvalue weighted by Crippen LogP contribution is 2.31. The van der Waals surface area contributed by atoms with Gasteiger partial charge in [0.25, 0.3) is 0 Å². The van der Waals surface area contributed by atoms with Crippen LogP contribution in [-0.4, -0.2) is 57.0 Å². The molecule has 0 saturated heterocycles. The Kier molecular flexibility index (Phi) is 6.21. The molecule has 1 N–H and O–H groups in total. The van der Waals surface area contributed by atoms with Gasteiger partial charge in [-0.15, -0.1) is 10.2 Å². The molecule has 166 valence electrons.